The third kappa shape index (κ3) is 2.61. The van der Waals surface area contributed by atoms with E-state index in [0.29, 0.717) is 11.0 Å². The second-order valence-electron chi connectivity index (χ2n) is 7.22. The first kappa shape index (κ1) is 17.2. The van der Waals surface area contributed by atoms with Gasteiger partial charge in [-0.05, 0) is 41.5 Å². The second kappa shape index (κ2) is 6.71. The maximum atomic E-state index is 6.55. The van der Waals surface area contributed by atoms with Gasteiger partial charge in [0.1, 0.15) is 24.2 Å². The van der Waals surface area contributed by atoms with Crippen molar-refractivity contribution < 1.29 is 4.74 Å². The quantitative estimate of drug-likeness (QED) is 0.507. The summed E-state index contributed by atoms with van der Waals surface area (Å²) >= 11 is 6.15. The first-order valence-corrected chi connectivity index (χ1v) is 9.99. The van der Waals surface area contributed by atoms with Gasteiger partial charge in [0.05, 0.1) is 5.70 Å². The molecule has 6 rings (SSSR count). The zero-order valence-electron chi connectivity index (χ0n) is 15.7. The Bertz CT molecular complexity index is 1270. The van der Waals surface area contributed by atoms with Crippen LogP contribution in [0.5, 0.6) is 5.75 Å². The molecule has 2 aliphatic rings. The monoisotopic (exact) mass is 413 g/mol. The maximum absolute atomic E-state index is 6.55. The minimum atomic E-state index is -0.317. The molecule has 0 amide bonds. The lowest BCUT2D eigenvalue weighted by Crippen LogP contribution is -2.32. The van der Waals surface area contributed by atoms with Gasteiger partial charge in [-0.3, -0.25) is 4.98 Å². The molecule has 0 spiro atoms. The molecule has 0 radical (unpaired) electrons. The highest BCUT2D eigenvalue weighted by molar-refractivity contribution is 6.30. The first-order valence-electron chi connectivity index (χ1n) is 9.61. The minimum Gasteiger partial charge on any atom is -0.480 e. The fourth-order valence-electron chi connectivity index (χ4n) is 4.19. The highest BCUT2D eigenvalue weighted by atomic mass is 35.5. The molecule has 2 aromatic carbocycles. The number of para-hydroxylation sites is 1. The molecule has 6 nitrogen and oxygen atoms in total. The number of rotatable bonds is 2. The number of benzene rings is 2. The van der Waals surface area contributed by atoms with Crippen molar-refractivity contribution in [1.82, 2.24) is 19.7 Å². The fraction of sp³-hybridized carbons (Fsp3) is 0.0870. The zero-order valence-corrected chi connectivity index (χ0v) is 16.5. The van der Waals surface area contributed by atoms with Gasteiger partial charge in [-0.15, -0.1) is 0 Å². The van der Waals surface area contributed by atoms with Crippen molar-refractivity contribution in [3.05, 3.63) is 107 Å². The molecule has 2 aromatic heterocycles. The minimum absolute atomic E-state index is 0.207. The third-order valence-corrected chi connectivity index (χ3v) is 5.75. The number of anilines is 1. The van der Waals surface area contributed by atoms with Crippen molar-refractivity contribution >= 4 is 23.2 Å². The van der Waals surface area contributed by atoms with Gasteiger partial charge in [0.15, 0.2) is 0 Å². The Morgan fingerprint density at radius 2 is 1.83 bits per heavy atom. The van der Waals surface area contributed by atoms with Crippen LogP contribution in [0.3, 0.4) is 0 Å². The summed E-state index contributed by atoms with van der Waals surface area (Å²) in [7, 11) is 0. The van der Waals surface area contributed by atoms with Gasteiger partial charge < -0.3 is 10.1 Å². The third-order valence-electron chi connectivity index (χ3n) is 5.49. The molecule has 2 atom stereocenters. The van der Waals surface area contributed by atoms with Crippen LogP contribution >= 0.6 is 11.6 Å². The van der Waals surface area contributed by atoms with Gasteiger partial charge in [-0.25, -0.2) is 4.68 Å². The maximum Gasteiger partial charge on any atom is 0.226 e. The molecule has 0 fully saturated rings. The summed E-state index contributed by atoms with van der Waals surface area (Å²) in [6.45, 7) is 0. The number of fused-ring (bicyclic) bond motifs is 3. The van der Waals surface area contributed by atoms with Crippen LogP contribution in [0.1, 0.15) is 28.8 Å². The topological polar surface area (TPSA) is 64.9 Å². The lowest BCUT2D eigenvalue weighted by Gasteiger charge is -2.38. The Morgan fingerprint density at radius 1 is 0.967 bits per heavy atom. The van der Waals surface area contributed by atoms with Crippen molar-refractivity contribution in [1.29, 1.82) is 0 Å². The molecule has 7 heteroatoms. The van der Waals surface area contributed by atoms with Crippen molar-refractivity contribution in [2.45, 2.75) is 12.1 Å². The molecule has 30 heavy (non-hydrogen) atoms. The van der Waals surface area contributed by atoms with Crippen LogP contribution in [0.25, 0.3) is 5.70 Å². The van der Waals surface area contributed by atoms with E-state index in [1.54, 1.807) is 12.5 Å². The lowest BCUT2D eigenvalue weighted by molar-refractivity contribution is 0.223. The SMILES string of the molecule is Clc1ccc([C@@H]2Oc3ccccc3C3=C2[C@@H](c2cccnc2)n2ncnc2N3)cc1. The molecular weight excluding hydrogens is 398 g/mol. The number of nitrogens with one attached hydrogen (secondary N) is 1. The lowest BCUT2D eigenvalue weighted by atomic mass is 9.85. The average Bonchev–Trinajstić information content (AvgIpc) is 3.26. The highest BCUT2D eigenvalue weighted by Gasteiger charge is 2.40. The molecule has 1 N–H and O–H groups in total. The largest absolute Gasteiger partial charge is 0.480 e. The Hall–Kier alpha value is -3.64. The van der Waals surface area contributed by atoms with Gasteiger partial charge in [0.2, 0.25) is 5.95 Å². The summed E-state index contributed by atoms with van der Waals surface area (Å²) in [6, 6.07) is 19.6. The zero-order chi connectivity index (χ0) is 20.1. The average molecular weight is 414 g/mol. The second-order valence-corrected chi connectivity index (χ2v) is 7.65. The van der Waals surface area contributed by atoms with Crippen molar-refractivity contribution in [3.63, 3.8) is 0 Å². The van der Waals surface area contributed by atoms with Crippen LogP contribution in [0.2, 0.25) is 5.02 Å². The Labute approximate surface area is 177 Å². The van der Waals surface area contributed by atoms with Crippen LogP contribution in [-0.4, -0.2) is 19.7 Å². The molecule has 4 heterocycles. The van der Waals surface area contributed by atoms with Crippen LogP contribution in [0.15, 0.2) is 85.0 Å². The van der Waals surface area contributed by atoms with E-state index in [1.807, 2.05) is 59.4 Å². The summed E-state index contributed by atoms with van der Waals surface area (Å²) in [5, 5.41) is 8.68. The van der Waals surface area contributed by atoms with E-state index in [2.05, 4.69) is 32.5 Å². The molecular formula is C23H16ClN5O. The Kier molecular flexibility index (Phi) is 3.86. The predicted molar refractivity (Wildman–Crippen MR) is 114 cm³/mol. The van der Waals surface area contributed by atoms with Crippen molar-refractivity contribution in [3.8, 4) is 5.75 Å². The van der Waals surface area contributed by atoms with E-state index < -0.39 is 0 Å². The molecule has 0 bridgehead atoms. The van der Waals surface area contributed by atoms with Gasteiger partial charge in [0, 0.05) is 28.6 Å². The summed E-state index contributed by atoms with van der Waals surface area (Å²) in [5.74, 6) is 1.51. The molecule has 2 aliphatic heterocycles. The van der Waals surface area contributed by atoms with E-state index in [9.17, 15) is 0 Å². The summed E-state index contributed by atoms with van der Waals surface area (Å²) in [5.41, 5.74) is 5.08. The summed E-state index contributed by atoms with van der Waals surface area (Å²) in [4.78, 5) is 8.78. The highest BCUT2D eigenvalue weighted by Crippen LogP contribution is 2.50. The normalized spacial score (nSPS) is 19.2. The first-order chi connectivity index (χ1) is 14.8. The predicted octanol–water partition coefficient (Wildman–Crippen LogP) is 4.89. The van der Waals surface area contributed by atoms with E-state index in [-0.39, 0.29) is 12.1 Å². The summed E-state index contributed by atoms with van der Waals surface area (Å²) < 4.78 is 8.43. The van der Waals surface area contributed by atoms with Crippen LogP contribution in [0.4, 0.5) is 5.95 Å². The number of halogens is 1. The standard InChI is InChI=1S/C23H16ClN5O/c24-16-9-7-14(8-10-16)22-19-20(17-5-1-2-6-18(17)30-22)28-23-26-13-27-29(23)21(19)15-4-3-11-25-12-15/h1-13,21-22H,(H,26,27,28)/t21-,22+/m1/s1. The number of aromatic nitrogens is 4. The summed E-state index contributed by atoms with van der Waals surface area (Å²) in [6.07, 6.45) is 4.88. The Morgan fingerprint density at radius 3 is 2.67 bits per heavy atom. The number of ether oxygens (including phenoxy) is 1. The smallest absolute Gasteiger partial charge is 0.226 e. The van der Waals surface area contributed by atoms with Gasteiger partial charge in [-0.2, -0.15) is 10.1 Å². The van der Waals surface area contributed by atoms with E-state index in [0.717, 1.165) is 33.7 Å². The molecule has 4 aromatic rings. The van der Waals surface area contributed by atoms with E-state index >= 15 is 0 Å². The van der Waals surface area contributed by atoms with E-state index in [4.69, 9.17) is 16.3 Å². The van der Waals surface area contributed by atoms with Crippen LogP contribution < -0.4 is 10.1 Å². The molecule has 0 aliphatic carbocycles. The van der Waals surface area contributed by atoms with Crippen LogP contribution in [-0.2, 0) is 0 Å². The Balaban J connectivity index is 1.63. The fourth-order valence-corrected chi connectivity index (χ4v) is 4.31. The molecule has 0 saturated heterocycles. The number of hydrogen-bond donors (Lipinski definition) is 1. The van der Waals surface area contributed by atoms with Gasteiger partial charge in [0.25, 0.3) is 0 Å². The number of pyridine rings is 1. The van der Waals surface area contributed by atoms with Crippen molar-refractivity contribution in [2.24, 2.45) is 0 Å². The molecule has 0 saturated carbocycles. The molecule has 146 valence electrons. The van der Waals surface area contributed by atoms with Gasteiger partial charge in [-0.1, -0.05) is 41.9 Å². The molecule has 0 unspecified atom stereocenters. The van der Waals surface area contributed by atoms with Crippen LogP contribution in [0, 0.1) is 0 Å². The van der Waals surface area contributed by atoms with Crippen molar-refractivity contribution in [2.75, 3.05) is 5.32 Å². The van der Waals surface area contributed by atoms with Gasteiger partial charge >= 0.3 is 0 Å². The number of hydrogen-bond acceptors (Lipinski definition) is 5. The number of nitrogens with zero attached hydrogens (tertiary/aromatic N) is 4. The van der Waals surface area contributed by atoms with E-state index in [1.165, 1.54) is 0 Å².